The summed E-state index contributed by atoms with van der Waals surface area (Å²) in [6, 6.07) is 11.8. The van der Waals surface area contributed by atoms with E-state index in [1.54, 1.807) is 24.5 Å². The maximum absolute atomic E-state index is 14.8. The Labute approximate surface area is 184 Å². The summed E-state index contributed by atoms with van der Waals surface area (Å²) in [6.07, 6.45) is 7.36. The first kappa shape index (κ1) is 19.9. The van der Waals surface area contributed by atoms with Gasteiger partial charge in [0.05, 0.1) is 23.1 Å². The van der Waals surface area contributed by atoms with Crippen LogP contribution in [0.4, 0.5) is 4.39 Å². The lowest BCUT2D eigenvalue weighted by Crippen LogP contribution is -2.09. The molecule has 0 saturated carbocycles. The molecule has 158 valence electrons. The van der Waals surface area contributed by atoms with Crippen molar-refractivity contribution in [2.45, 2.75) is 32.7 Å². The highest BCUT2D eigenvalue weighted by molar-refractivity contribution is 6.15. The number of aromatic nitrogens is 4. The Hall–Kier alpha value is -4.05. The van der Waals surface area contributed by atoms with E-state index in [-0.39, 0.29) is 17.8 Å². The monoisotopic (exact) mass is 425 g/mol. The molecule has 0 spiro atoms. The zero-order valence-electron chi connectivity index (χ0n) is 17.9. The quantitative estimate of drug-likeness (QED) is 0.429. The summed E-state index contributed by atoms with van der Waals surface area (Å²) < 4.78 is 22.3. The number of nitrogens with zero attached hydrogens (tertiary/aromatic N) is 5. The van der Waals surface area contributed by atoms with E-state index >= 15 is 0 Å². The van der Waals surface area contributed by atoms with Crippen LogP contribution in [0.5, 0.6) is 0 Å². The van der Waals surface area contributed by atoms with Crippen LogP contribution in [-0.4, -0.2) is 25.4 Å². The SMILES string of the molecule is C#Cc1ccc2c(c1)C(c1ccccc1F)=NC(C)c1c(-c3nc(C(C)C)no3)ncn1-2. The topological polar surface area (TPSA) is 69.1 Å². The van der Waals surface area contributed by atoms with Crippen molar-refractivity contribution in [3.8, 4) is 29.6 Å². The highest BCUT2D eigenvalue weighted by atomic mass is 19.1. The van der Waals surface area contributed by atoms with Crippen molar-refractivity contribution < 1.29 is 8.91 Å². The second kappa shape index (κ2) is 7.57. The number of fused-ring (bicyclic) bond motifs is 3. The third-order valence-corrected chi connectivity index (χ3v) is 5.49. The van der Waals surface area contributed by atoms with E-state index in [9.17, 15) is 4.39 Å². The van der Waals surface area contributed by atoms with Crippen molar-refractivity contribution in [3.05, 3.63) is 82.8 Å². The summed E-state index contributed by atoms with van der Waals surface area (Å²) in [4.78, 5) is 14.0. The largest absolute Gasteiger partial charge is 0.332 e. The van der Waals surface area contributed by atoms with Gasteiger partial charge in [0, 0.05) is 22.6 Å². The summed E-state index contributed by atoms with van der Waals surface area (Å²) in [7, 11) is 0. The van der Waals surface area contributed by atoms with Crippen LogP contribution in [0.2, 0.25) is 0 Å². The van der Waals surface area contributed by atoms with Gasteiger partial charge in [-0.3, -0.25) is 9.56 Å². The second-order valence-corrected chi connectivity index (χ2v) is 7.97. The first-order valence-corrected chi connectivity index (χ1v) is 10.3. The third-order valence-electron chi connectivity index (χ3n) is 5.49. The van der Waals surface area contributed by atoms with Crippen LogP contribution in [0, 0.1) is 18.2 Å². The zero-order chi connectivity index (χ0) is 22.4. The zero-order valence-corrected chi connectivity index (χ0v) is 17.9. The molecule has 2 aromatic carbocycles. The van der Waals surface area contributed by atoms with Crippen LogP contribution in [0.1, 0.15) is 60.9 Å². The van der Waals surface area contributed by atoms with E-state index in [2.05, 4.69) is 21.0 Å². The minimum absolute atomic E-state index is 0.125. The second-order valence-electron chi connectivity index (χ2n) is 7.97. The van der Waals surface area contributed by atoms with E-state index in [0.717, 1.165) is 16.9 Å². The molecule has 1 aliphatic rings. The van der Waals surface area contributed by atoms with Gasteiger partial charge in [-0.1, -0.05) is 37.1 Å². The molecule has 6 nitrogen and oxygen atoms in total. The molecule has 4 aromatic rings. The Kier molecular flexibility index (Phi) is 4.71. The normalized spacial score (nSPS) is 15.0. The van der Waals surface area contributed by atoms with Crippen molar-refractivity contribution in [1.82, 2.24) is 19.7 Å². The minimum Gasteiger partial charge on any atom is -0.332 e. The Morgan fingerprint density at radius 1 is 1.16 bits per heavy atom. The lowest BCUT2D eigenvalue weighted by atomic mass is 9.98. The molecule has 0 saturated heterocycles. The Balaban J connectivity index is 1.77. The van der Waals surface area contributed by atoms with Crippen molar-refractivity contribution in [2.24, 2.45) is 4.99 Å². The molecule has 0 radical (unpaired) electrons. The Bertz CT molecular complexity index is 1410. The molecule has 0 aliphatic carbocycles. The van der Waals surface area contributed by atoms with Gasteiger partial charge in [-0.2, -0.15) is 4.98 Å². The van der Waals surface area contributed by atoms with Gasteiger partial charge >= 0.3 is 0 Å². The number of rotatable bonds is 3. The third kappa shape index (κ3) is 3.12. The van der Waals surface area contributed by atoms with Gasteiger partial charge in [-0.15, -0.1) is 6.42 Å². The molecule has 0 bridgehead atoms. The van der Waals surface area contributed by atoms with Crippen molar-refractivity contribution in [1.29, 1.82) is 0 Å². The molecule has 0 N–H and O–H groups in total. The highest BCUT2D eigenvalue weighted by Gasteiger charge is 2.29. The fourth-order valence-corrected chi connectivity index (χ4v) is 3.90. The first-order chi connectivity index (χ1) is 15.5. The van der Waals surface area contributed by atoms with Crippen LogP contribution in [0.15, 0.2) is 58.3 Å². The number of hydrogen-bond donors (Lipinski definition) is 0. The Morgan fingerprint density at radius 2 is 1.97 bits per heavy atom. The molecule has 3 heterocycles. The molecule has 0 amide bonds. The Morgan fingerprint density at radius 3 is 2.69 bits per heavy atom. The van der Waals surface area contributed by atoms with Gasteiger partial charge in [-0.25, -0.2) is 9.37 Å². The van der Waals surface area contributed by atoms with Crippen LogP contribution in [0.25, 0.3) is 17.3 Å². The van der Waals surface area contributed by atoms with Crippen molar-refractivity contribution >= 4 is 5.71 Å². The van der Waals surface area contributed by atoms with Crippen LogP contribution in [-0.2, 0) is 0 Å². The molecule has 5 rings (SSSR count). The fourth-order valence-electron chi connectivity index (χ4n) is 3.90. The van der Waals surface area contributed by atoms with Crippen LogP contribution < -0.4 is 0 Å². The molecule has 2 aromatic heterocycles. The van der Waals surface area contributed by atoms with Gasteiger partial charge in [0.2, 0.25) is 0 Å². The number of terminal acetylenes is 1. The lowest BCUT2D eigenvalue weighted by molar-refractivity contribution is 0.417. The number of benzene rings is 2. The van der Waals surface area contributed by atoms with Gasteiger partial charge in [-0.05, 0) is 37.3 Å². The molecule has 32 heavy (non-hydrogen) atoms. The fraction of sp³-hybridized carbons (Fsp3) is 0.200. The van der Waals surface area contributed by atoms with Gasteiger partial charge < -0.3 is 4.52 Å². The number of aliphatic imine (C=N–C) groups is 1. The summed E-state index contributed by atoms with van der Waals surface area (Å²) in [5.41, 5.74) is 4.50. The van der Waals surface area contributed by atoms with Gasteiger partial charge in [0.1, 0.15) is 12.1 Å². The van der Waals surface area contributed by atoms with E-state index in [1.165, 1.54) is 6.07 Å². The smallest absolute Gasteiger partial charge is 0.278 e. The number of imidazole rings is 1. The number of halogens is 1. The molecule has 7 heteroatoms. The van der Waals surface area contributed by atoms with Gasteiger partial charge in [0.25, 0.3) is 5.89 Å². The molecule has 1 atom stereocenters. The molecule has 1 aliphatic heterocycles. The maximum Gasteiger partial charge on any atom is 0.278 e. The van der Waals surface area contributed by atoms with E-state index in [0.29, 0.717) is 34.2 Å². The minimum atomic E-state index is -0.363. The summed E-state index contributed by atoms with van der Waals surface area (Å²) in [5, 5.41) is 4.07. The summed E-state index contributed by atoms with van der Waals surface area (Å²) in [6.45, 7) is 5.93. The highest BCUT2D eigenvalue weighted by Crippen LogP contribution is 2.36. The maximum atomic E-state index is 14.8. The van der Waals surface area contributed by atoms with Gasteiger partial charge in [0.15, 0.2) is 11.5 Å². The predicted octanol–water partition coefficient (Wildman–Crippen LogP) is 5.08. The van der Waals surface area contributed by atoms with E-state index < -0.39 is 0 Å². The van der Waals surface area contributed by atoms with Crippen LogP contribution >= 0.6 is 0 Å². The molecular formula is C25H20FN5O. The molecule has 0 fully saturated rings. The average Bonchev–Trinajstić information content (AvgIpc) is 3.43. The first-order valence-electron chi connectivity index (χ1n) is 10.3. The van der Waals surface area contributed by atoms with Crippen molar-refractivity contribution in [2.75, 3.05) is 0 Å². The molecular weight excluding hydrogens is 405 g/mol. The van der Waals surface area contributed by atoms with Crippen LogP contribution in [0.3, 0.4) is 0 Å². The number of hydrogen-bond acceptors (Lipinski definition) is 5. The standard InChI is InChI=1S/C25H20FN5O/c1-5-16-10-11-20-18(12-16)21(17-8-6-7-9-19(17)26)28-15(4)23-22(27-13-31(20)23)25-29-24(14(2)3)30-32-25/h1,6-15H,2-4H3. The van der Waals surface area contributed by atoms with E-state index in [4.69, 9.17) is 15.9 Å². The summed E-state index contributed by atoms with van der Waals surface area (Å²) in [5.74, 6) is 3.38. The van der Waals surface area contributed by atoms with E-state index in [1.807, 2.05) is 43.5 Å². The predicted molar refractivity (Wildman–Crippen MR) is 119 cm³/mol. The summed E-state index contributed by atoms with van der Waals surface area (Å²) >= 11 is 0. The molecule has 1 unspecified atom stereocenters. The average molecular weight is 425 g/mol. The lowest BCUT2D eigenvalue weighted by Gasteiger charge is -2.12. The van der Waals surface area contributed by atoms with Crippen molar-refractivity contribution in [3.63, 3.8) is 0 Å².